The molecule has 102 valence electrons. The topological polar surface area (TPSA) is 50.5 Å². The van der Waals surface area contributed by atoms with Gasteiger partial charge in [-0.05, 0) is 39.6 Å². The molecule has 0 aromatic heterocycles. The highest BCUT2D eigenvalue weighted by Crippen LogP contribution is 2.29. The van der Waals surface area contributed by atoms with Gasteiger partial charge in [0.2, 0.25) is 0 Å². The fraction of sp³-hybridized carbons (Fsp3) is 0.571. The van der Waals surface area contributed by atoms with Gasteiger partial charge < -0.3 is 20.7 Å². The van der Waals surface area contributed by atoms with Crippen LogP contribution in [0.25, 0.3) is 0 Å². The van der Waals surface area contributed by atoms with Gasteiger partial charge in [-0.3, -0.25) is 0 Å². The van der Waals surface area contributed by atoms with Crippen molar-refractivity contribution in [1.82, 2.24) is 4.90 Å². The standard InChI is InChI=1S/C14H25N3O/c1-5-17(4)10-9-16-12-7-6-8-13(14(12)15)18-11(2)3/h6-8,11,16H,5,9-10,15H2,1-4H3. The average molecular weight is 251 g/mol. The molecule has 0 fully saturated rings. The number of rotatable bonds is 7. The van der Waals surface area contributed by atoms with Crippen LogP contribution in [-0.4, -0.2) is 37.7 Å². The normalized spacial score (nSPS) is 11.0. The smallest absolute Gasteiger partial charge is 0.144 e. The average Bonchev–Trinajstić information content (AvgIpc) is 2.33. The van der Waals surface area contributed by atoms with Crippen LogP contribution in [0, 0.1) is 0 Å². The number of ether oxygens (including phenoxy) is 1. The van der Waals surface area contributed by atoms with E-state index in [-0.39, 0.29) is 6.10 Å². The van der Waals surface area contributed by atoms with Gasteiger partial charge in [-0.1, -0.05) is 13.0 Å². The molecular weight excluding hydrogens is 226 g/mol. The van der Waals surface area contributed by atoms with Crippen LogP contribution in [0.4, 0.5) is 11.4 Å². The summed E-state index contributed by atoms with van der Waals surface area (Å²) in [5, 5.41) is 3.35. The van der Waals surface area contributed by atoms with Crippen LogP contribution in [0.2, 0.25) is 0 Å². The van der Waals surface area contributed by atoms with E-state index in [0.717, 1.165) is 31.1 Å². The first-order valence-corrected chi connectivity index (χ1v) is 6.52. The van der Waals surface area contributed by atoms with E-state index in [4.69, 9.17) is 10.5 Å². The van der Waals surface area contributed by atoms with Gasteiger partial charge >= 0.3 is 0 Å². The van der Waals surface area contributed by atoms with Gasteiger partial charge in [0.25, 0.3) is 0 Å². The lowest BCUT2D eigenvalue weighted by Crippen LogP contribution is -2.25. The molecule has 0 unspecified atom stereocenters. The van der Waals surface area contributed by atoms with Crippen molar-refractivity contribution < 1.29 is 4.74 Å². The fourth-order valence-electron chi connectivity index (χ4n) is 1.59. The molecule has 18 heavy (non-hydrogen) atoms. The predicted molar refractivity (Wildman–Crippen MR) is 78.3 cm³/mol. The molecule has 0 aliphatic carbocycles. The molecule has 0 heterocycles. The molecular formula is C14H25N3O. The van der Waals surface area contributed by atoms with Gasteiger partial charge in [0.15, 0.2) is 0 Å². The van der Waals surface area contributed by atoms with Crippen LogP contribution >= 0.6 is 0 Å². The zero-order valence-corrected chi connectivity index (χ0v) is 11.9. The predicted octanol–water partition coefficient (Wildman–Crippen LogP) is 2.42. The van der Waals surface area contributed by atoms with E-state index >= 15 is 0 Å². The lowest BCUT2D eigenvalue weighted by molar-refractivity contribution is 0.244. The van der Waals surface area contributed by atoms with Gasteiger partial charge in [-0.2, -0.15) is 0 Å². The summed E-state index contributed by atoms with van der Waals surface area (Å²) in [6, 6.07) is 5.84. The summed E-state index contributed by atoms with van der Waals surface area (Å²) >= 11 is 0. The minimum absolute atomic E-state index is 0.133. The third-order valence-corrected chi connectivity index (χ3v) is 2.78. The Hall–Kier alpha value is -1.42. The van der Waals surface area contributed by atoms with Crippen LogP contribution in [0.3, 0.4) is 0 Å². The third-order valence-electron chi connectivity index (χ3n) is 2.78. The molecule has 0 aliphatic heterocycles. The van der Waals surface area contributed by atoms with E-state index < -0.39 is 0 Å². The number of nitrogens with two attached hydrogens (primary N) is 1. The summed E-state index contributed by atoms with van der Waals surface area (Å²) in [7, 11) is 2.10. The molecule has 0 atom stereocenters. The number of nitrogen functional groups attached to an aromatic ring is 1. The highest BCUT2D eigenvalue weighted by atomic mass is 16.5. The zero-order chi connectivity index (χ0) is 13.5. The van der Waals surface area contributed by atoms with Gasteiger partial charge in [-0.15, -0.1) is 0 Å². The Kier molecular flexibility index (Phi) is 5.78. The summed E-state index contributed by atoms with van der Waals surface area (Å²) in [5.74, 6) is 0.749. The molecule has 0 aliphatic rings. The number of benzene rings is 1. The Morgan fingerprint density at radius 1 is 1.39 bits per heavy atom. The van der Waals surface area contributed by atoms with Gasteiger partial charge in [0, 0.05) is 13.1 Å². The third kappa shape index (κ3) is 4.45. The molecule has 0 spiro atoms. The summed E-state index contributed by atoms with van der Waals surface area (Å²) in [5.41, 5.74) is 7.71. The largest absolute Gasteiger partial charge is 0.489 e. The molecule has 1 aromatic rings. The van der Waals surface area contributed by atoms with Crippen molar-refractivity contribution in [2.45, 2.75) is 26.9 Å². The van der Waals surface area contributed by atoms with Crippen LogP contribution < -0.4 is 15.8 Å². The van der Waals surface area contributed by atoms with Crippen LogP contribution in [0.5, 0.6) is 5.75 Å². The number of nitrogens with one attached hydrogen (secondary N) is 1. The van der Waals surface area contributed by atoms with Crippen molar-refractivity contribution in [2.24, 2.45) is 0 Å². The lowest BCUT2D eigenvalue weighted by Gasteiger charge is -2.18. The number of anilines is 2. The minimum Gasteiger partial charge on any atom is -0.489 e. The second-order valence-electron chi connectivity index (χ2n) is 4.71. The first-order valence-electron chi connectivity index (χ1n) is 6.52. The van der Waals surface area contributed by atoms with E-state index in [1.807, 2.05) is 32.0 Å². The zero-order valence-electron chi connectivity index (χ0n) is 11.9. The molecule has 3 N–H and O–H groups in total. The van der Waals surface area contributed by atoms with E-state index in [9.17, 15) is 0 Å². The van der Waals surface area contributed by atoms with Crippen molar-refractivity contribution in [1.29, 1.82) is 0 Å². The number of likely N-dealkylation sites (N-methyl/N-ethyl adjacent to an activating group) is 1. The van der Waals surface area contributed by atoms with Crippen molar-refractivity contribution in [3.05, 3.63) is 18.2 Å². The fourth-order valence-corrected chi connectivity index (χ4v) is 1.59. The van der Waals surface area contributed by atoms with Crippen molar-refractivity contribution >= 4 is 11.4 Å². The molecule has 4 nitrogen and oxygen atoms in total. The SMILES string of the molecule is CCN(C)CCNc1cccc(OC(C)C)c1N. The Bertz CT molecular complexity index is 366. The summed E-state index contributed by atoms with van der Waals surface area (Å²) in [4.78, 5) is 2.25. The molecule has 0 saturated heterocycles. The van der Waals surface area contributed by atoms with E-state index in [1.54, 1.807) is 0 Å². The molecule has 1 aromatic carbocycles. The molecule has 4 heteroatoms. The van der Waals surface area contributed by atoms with E-state index in [1.165, 1.54) is 0 Å². The van der Waals surface area contributed by atoms with Gasteiger partial charge in [-0.25, -0.2) is 0 Å². The number of para-hydroxylation sites is 1. The second-order valence-corrected chi connectivity index (χ2v) is 4.71. The number of hydrogen-bond acceptors (Lipinski definition) is 4. The Morgan fingerprint density at radius 2 is 2.11 bits per heavy atom. The minimum atomic E-state index is 0.133. The lowest BCUT2D eigenvalue weighted by atomic mass is 10.2. The monoisotopic (exact) mass is 251 g/mol. The van der Waals surface area contributed by atoms with E-state index in [2.05, 4.69) is 24.2 Å². The van der Waals surface area contributed by atoms with Crippen molar-refractivity contribution in [3.63, 3.8) is 0 Å². The van der Waals surface area contributed by atoms with E-state index in [0.29, 0.717) is 5.69 Å². The van der Waals surface area contributed by atoms with Gasteiger partial charge in [0.05, 0.1) is 17.5 Å². The summed E-state index contributed by atoms with van der Waals surface area (Å²) in [6.45, 7) is 9.05. The number of nitrogens with zero attached hydrogens (tertiary/aromatic N) is 1. The maximum Gasteiger partial charge on any atom is 0.144 e. The maximum absolute atomic E-state index is 6.08. The quantitative estimate of drug-likeness (QED) is 0.731. The first-order chi connectivity index (χ1) is 8.54. The van der Waals surface area contributed by atoms with Crippen LogP contribution in [0.1, 0.15) is 20.8 Å². The number of hydrogen-bond donors (Lipinski definition) is 2. The Morgan fingerprint density at radius 3 is 2.72 bits per heavy atom. The highest BCUT2D eigenvalue weighted by molar-refractivity contribution is 5.72. The Labute approximate surface area is 110 Å². The summed E-state index contributed by atoms with van der Waals surface area (Å²) in [6.07, 6.45) is 0.133. The summed E-state index contributed by atoms with van der Waals surface area (Å²) < 4.78 is 5.66. The Balaban J connectivity index is 2.60. The molecule has 0 amide bonds. The van der Waals surface area contributed by atoms with Crippen molar-refractivity contribution in [2.75, 3.05) is 37.7 Å². The van der Waals surface area contributed by atoms with Crippen LogP contribution in [0.15, 0.2) is 18.2 Å². The maximum atomic E-state index is 6.08. The first kappa shape index (κ1) is 14.6. The molecule has 0 bridgehead atoms. The van der Waals surface area contributed by atoms with Crippen LogP contribution in [-0.2, 0) is 0 Å². The highest BCUT2D eigenvalue weighted by Gasteiger charge is 2.07. The van der Waals surface area contributed by atoms with Gasteiger partial charge in [0.1, 0.15) is 5.75 Å². The molecule has 0 radical (unpaired) electrons. The second kappa shape index (κ2) is 7.11. The van der Waals surface area contributed by atoms with Crippen molar-refractivity contribution in [3.8, 4) is 5.75 Å². The molecule has 0 saturated carbocycles. The molecule has 1 rings (SSSR count).